The molecule has 1 aliphatic rings. The lowest BCUT2D eigenvalue weighted by Gasteiger charge is -2.26. The Morgan fingerprint density at radius 1 is 0.973 bits per heavy atom. The lowest BCUT2D eigenvalue weighted by molar-refractivity contribution is -0.122. The number of carbonyl (C=O) groups excluding carboxylic acids is 3. The number of fused-ring (bicyclic) bond motifs is 1. The van der Waals surface area contributed by atoms with Gasteiger partial charge in [0.05, 0.1) is 12.2 Å². The minimum absolute atomic E-state index is 0.160. The molecule has 0 atom stereocenters. The smallest absolute Gasteiger partial charge is 0.335 e. The fourth-order valence-corrected chi connectivity index (χ4v) is 4.43. The zero-order chi connectivity index (χ0) is 26.1. The standard InChI is InChI=1S/C29H24FN3O4/c1-18-7-12-26(19(2)15-18)37-14-13-32-17-20(23-5-3-4-6-25(23)32)16-24-27(34)31-29(36)33(28(24)35)22-10-8-21(30)9-11-22/h3-12,15-17H,13-14H2,1-2H3,(H,31,34,36). The molecule has 1 fully saturated rings. The molecule has 0 saturated carbocycles. The molecule has 5 rings (SSSR count). The van der Waals surface area contributed by atoms with Gasteiger partial charge in [0.2, 0.25) is 0 Å². The summed E-state index contributed by atoms with van der Waals surface area (Å²) in [6.45, 7) is 5.00. The van der Waals surface area contributed by atoms with Crippen molar-refractivity contribution < 1.29 is 23.5 Å². The Balaban J connectivity index is 1.44. The Labute approximate surface area is 212 Å². The van der Waals surface area contributed by atoms with Gasteiger partial charge in [-0.05, 0) is 61.9 Å². The van der Waals surface area contributed by atoms with Gasteiger partial charge < -0.3 is 9.30 Å². The SMILES string of the molecule is Cc1ccc(OCCn2cc(C=C3C(=O)NC(=O)N(c4ccc(F)cc4)C3=O)c3ccccc32)c(C)c1. The van der Waals surface area contributed by atoms with Gasteiger partial charge in [0, 0.05) is 22.7 Å². The van der Waals surface area contributed by atoms with Gasteiger partial charge in [-0.25, -0.2) is 14.1 Å². The zero-order valence-electron chi connectivity index (χ0n) is 20.3. The number of aryl methyl sites for hydroxylation is 2. The first-order valence-electron chi connectivity index (χ1n) is 11.8. The third-order valence-electron chi connectivity index (χ3n) is 6.23. The highest BCUT2D eigenvalue weighted by molar-refractivity contribution is 6.39. The summed E-state index contributed by atoms with van der Waals surface area (Å²) in [7, 11) is 0. The molecule has 1 aliphatic heterocycles. The van der Waals surface area contributed by atoms with E-state index in [4.69, 9.17) is 4.74 Å². The Hall–Kier alpha value is -4.72. The van der Waals surface area contributed by atoms with E-state index < -0.39 is 23.7 Å². The van der Waals surface area contributed by atoms with E-state index in [0.29, 0.717) is 18.7 Å². The molecule has 0 aliphatic carbocycles. The number of nitrogens with one attached hydrogen (secondary N) is 1. The summed E-state index contributed by atoms with van der Waals surface area (Å²) in [5.74, 6) is -1.26. The average molecular weight is 498 g/mol. The molecule has 0 bridgehead atoms. The summed E-state index contributed by atoms with van der Waals surface area (Å²) in [5.41, 5.74) is 3.75. The van der Waals surface area contributed by atoms with Crippen molar-refractivity contribution in [2.75, 3.05) is 11.5 Å². The first-order valence-corrected chi connectivity index (χ1v) is 11.8. The number of carbonyl (C=O) groups is 3. The van der Waals surface area contributed by atoms with E-state index in [9.17, 15) is 18.8 Å². The molecule has 4 aromatic rings. The molecule has 1 aromatic heterocycles. The van der Waals surface area contributed by atoms with Crippen molar-refractivity contribution in [1.82, 2.24) is 9.88 Å². The van der Waals surface area contributed by atoms with Crippen LogP contribution in [-0.4, -0.2) is 29.0 Å². The fraction of sp³-hybridized carbons (Fsp3) is 0.138. The summed E-state index contributed by atoms with van der Waals surface area (Å²) in [6, 6.07) is 17.7. The molecule has 4 amide bonds. The molecular weight excluding hydrogens is 473 g/mol. The van der Waals surface area contributed by atoms with E-state index in [-0.39, 0.29) is 11.3 Å². The van der Waals surface area contributed by atoms with Crippen molar-refractivity contribution >= 4 is 40.5 Å². The lowest BCUT2D eigenvalue weighted by atomic mass is 10.1. The van der Waals surface area contributed by atoms with Crippen LogP contribution in [0.2, 0.25) is 0 Å². The van der Waals surface area contributed by atoms with Gasteiger partial charge in [-0.2, -0.15) is 0 Å². The molecule has 0 spiro atoms. The Morgan fingerprint density at radius 3 is 2.49 bits per heavy atom. The zero-order valence-corrected chi connectivity index (χ0v) is 20.3. The number of benzene rings is 3. The predicted molar refractivity (Wildman–Crippen MR) is 139 cm³/mol. The van der Waals surface area contributed by atoms with Crippen LogP contribution in [0.15, 0.2) is 78.5 Å². The number of para-hydroxylation sites is 1. The van der Waals surface area contributed by atoms with Crippen LogP contribution in [0.5, 0.6) is 5.75 Å². The highest BCUT2D eigenvalue weighted by Gasteiger charge is 2.37. The van der Waals surface area contributed by atoms with E-state index in [1.54, 1.807) is 0 Å². The van der Waals surface area contributed by atoms with Crippen molar-refractivity contribution in [3.63, 3.8) is 0 Å². The summed E-state index contributed by atoms with van der Waals surface area (Å²) in [6.07, 6.45) is 3.33. The molecule has 7 nitrogen and oxygen atoms in total. The predicted octanol–water partition coefficient (Wildman–Crippen LogP) is 5.14. The first-order chi connectivity index (χ1) is 17.8. The van der Waals surface area contributed by atoms with Crippen LogP contribution < -0.4 is 15.0 Å². The van der Waals surface area contributed by atoms with Gasteiger partial charge in [-0.1, -0.05) is 35.9 Å². The number of rotatable bonds is 6. The maximum absolute atomic E-state index is 13.4. The van der Waals surface area contributed by atoms with Crippen molar-refractivity contribution in [1.29, 1.82) is 0 Å². The van der Waals surface area contributed by atoms with Crippen molar-refractivity contribution in [3.05, 3.63) is 101 Å². The van der Waals surface area contributed by atoms with Crippen molar-refractivity contribution in [2.24, 2.45) is 0 Å². The second kappa shape index (κ2) is 9.73. The quantitative estimate of drug-likeness (QED) is 0.295. The Kier molecular flexibility index (Phi) is 6.31. The van der Waals surface area contributed by atoms with E-state index in [1.165, 1.54) is 23.8 Å². The number of anilines is 1. The van der Waals surface area contributed by atoms with Crippen LogP contribution in [0.25, 0.3) is 17.0 Å². The van der Waals surface area contributed by atoms with Gasteiger partial charge in [-0.15, -0.1) is 0 Å². The minimum atomic E-state index is -0.885. The van der Waals surface area contributed by atoms with Crippen molar-refractivity contribution in [3.8, 4) is 5.75 Å². The minimum Gasteiger partial charge on any atom is -0.491 e. The number of hydrogen-bond acceptors (Lipinski definition) is 4. The molecule has 8 heteroatoms. The highest BCUT2D eigenvalue weighted by Crippen LogP contribution is 2.27. The normalized spacial score (nSPS) is 14.9. The van der Waals surface area contributed by atoms with Crippen molar-refractivity contribution in [2.45, 2.75) is 20.4 Å². The van der Waals surface area contributed by atoms with Crippen LogP contribution in [0.4, 0.5) is 14.9 Å². The molecule has 186 valence electrons. The number of nitrogens with zero attached hydrogens (tertiary/aromatic N) is 2. The van der Waals surface area contributed by atoms with Gasteiger partial charge in [0.1, 0.15) is 23.7 Å². The van der Waals surface area contributed by atoms with Crippen LogP contribution in [0, 0.1) is 19.7 Å². The van der Waals surface area contributed by atoms with Gasteiger partial charge in [0.15, 0.2) is 0 Å². The first kappa shape index (κ1) is 24.0. The number of halogens is 1. The maximum atomic E-state index is 13.4. The molecule has 37 heavy (non-hydrogen) atoms. The molecule has 2 heterocycles. The number of amides is 4. The Morgan fingerprint density at radius 2 is 1.73 bits per heavy atom. The van der Waals surface area contributed by atoms with E-state index >= 15 is 0 Å². The number of imide groups is 2. The molecule has 0 unspecified atom stereocenters. The van der Waals surface area contributed by atoms with Crippen LogP contribution in [0.3, 0.4) is 0 Å². The van der Waals surface area contributed by atoms with Gasteiger partial charge >= 0.3 is 6.03 Å². The van der Waals surface area contributed by atoms with E-state index in [2.05, 4.69) is 11.4 Å². The number of ether oxygens (including phenoxy) is 1. The fourth-order valence-electron chi connectivity index (χ4n) is 4.43. The number of hydrogen-bond donors (Lipinski definition) is 1. The third-order valence-corrected chi connectivity index (χ3v) is 6.23. The number of aromatic nitrogens is 1. The summed E-state index contributed by atoms with van der Waals surface area (Å²) < 4.78 is 21.4. The Bertz CT molecular complexity index is 1570. The second-order valence-corrected chi connectivity index (χ2v) is 8.85. The number of urea groups is 1. The summed E-state index contributed by atoms with van der Waals surface area (Å²) >= 11 is 0. The lowest BCUT2D eigenvalue weighted by Crippen LogP contribution is -2.54. The van der Waals surface area contributed by atoms with Crippen LogP contribution >= 0.6 is 0 Å². The topological polar surface area (TPSA) is 80.6 Å². The third kappa shape index (κ3) is 4.73. The van der Waals surface area contributed by atoms with E-state index in [1.807, 2.05) is 61.0 Å². The second-order valence-electron chi connectivity index (χ2n) is 8.85. The molecule has 3 aromatic carbocycles. The number of barbiturate groups is 1. The van der Waals surface area contributed by atoms with Gasteiger partial charge in [-0.3, -0.25) is 14.9 Å². The molecule has 0 radical (unpaired) electrons. The average Bonchev–Trinajstić information content (AvgIpc) is 3.21. The highest BCUT2D eigenvalue weighted by atomic mass is 19.1. The molecular formula is C29H24FN3O4. The summed E-state index contributed by atoms with van der Waals surface area (Å²) in [5, 5.41) is 3.04. The largest absolute Gasteiger partial charge is 0.491 e. The van der Waals surface area contributed by atoms with Crippen LogP contribution in [0.1, 0.15) is 16.7 Å². The maximum Gasteiger partial charge on any atom is 0.335 e. The van der Waals surface area contributed by atoms with Gasteiger partial charge in [0.25, 0.3) is 11.8 Å². The monoisotopic (exact) mass is 497 g/mol. The molecule has 1 N–H and O–H groups in total. The van der Waals surface area contributed by atoms with E-state index in [0.717, 1.165) is 39.2 Å². The molecule has 1 saturated heterocycles. The summed E-state index contributed by atoms with van der Waals surface area (Å²) in [4.78, 5) is 39.1. The van der Waals surface area contributed by atoms with Crippen LogP contribution in [-0.2, 0) is 16.1 Å².